The van der Waals surface area contributed by atoms with Gasteiger partial charge in [-0.15, -0.1) is 0 Å². The molecule has 1 heterocycles. The highest BCUT2D eigenvalue weighted by Crippen LogP contribution is 2.35. The second-order valence-corrected chi connectivity index (χ2v) is 5.17. The van der Waals surface area contributed by atoms with E-state index in [4.69, 9.17) is 14.2 Å². The maximum atomic E-state index is 13.5. The Labute approximate surface area is 132 Å². The number of aliphatic carboxylic acids is 1. The van der Waals surface area contributed by atoms with Crippen LogP contribution >= 0.6 is 0 Å². The van der Waals surface area contributed by atoms with E-state index in [1.165, 1.54) is 25.3 Å². The monoisotopic (exact) mass is 318 g/mol. The minimum atomic E-state index is -1.05. The fourth-order valence-electron chi connectivity index (χ4n) is 2.61. The summed E-state index contributed by atoms with van der Waals surface area (Å²) in [6.07, 6.45) is 0.186. The predicted octanol–water partition coefficient (Wildman–Crippen LogP) is 2.97. The third-order valence-corrected chi connectivity index (χ3v) is 3.74. The van der Waals surface area contributed by atoms with Crippen LogP contribution in [-0.4, -0.2) is 25.0 Å². The van der Waals surface area contributed by atoms with E-state index < -0.39 is 17.7 Å². The first-order chi connectivity index (χ1) is 11.1. The van der Waals surface area contributed by atoms with Gasteiger partial charge in [0.2, 0.25) is 6.79 Å². The van der Waals surface area contributed by atoms with E-state index in [-0.39, 0.29) is 13.2 Å². The standard InChI is InChI=1S/C17H15FO5/c1-21-14-5-3-11(18)8-12(14)13(17(19)20)6-10-2-4-15-16(7-10)23-9-22-15/h2-5,7-8,13H,6,9H2,1H3,(H,19,20). The number of hydrogen-bond donors (Lipinski definition) is 1. The number of methoxy groups -OCH3 is 1. The molecular formula is C17H15FO5. The molecule has 0 fully saturated rings. The average Bonchev–Trinajstić information content (AvgIpc) is 3.00. The molecule has 1 aliphatic heterocycles. The Balaban J connectivity index is 1.94. The lowest BCUT2D eigenvalue weighted by molar-refractivity contribution is -0.138. The van der Waals surface area contributed by atoms with Crippen molar-refractivity contribution in [2.24, 2.45) is 0 Å². The molecule has 0 aromatic heterocycles. The Morgan fingerprint density at radius 3 is 2.78 bits per heavy atom. The summed E-state index contributed by atoms with van der Waals surface area (Å²) in [5, 5.41) is 9.56. The fraction of sp³-hybridized carbons (Fsp3) is 0.235. The summed E-state index contributed by atoms with van der Waals surface area (Å²) >= 11 is 0. The van der Waals surface area contributed by atoms with E-state index in [0.29, 0.717) is 22.8 Å². The highest BCUT2D eigenvalue weighted by Gasteiger charge is 2.25. The van der Waals surface area contributed by atoms with Crippen molar-refractivity contribution in [3.8, 4) is 17.2 Å². The first kappa shape index (κ1) is 15.1. The van der Waals surface area contributed by atoms with Gasteiger partial charge in [-0.1, -0.05) is 6.07 Å². The van der Waals surface area contributed by atoms with Crippen molar-refractivity contribution >= 4 is 5.97 Å². The number of halogens is 1. The molecule has 6 heteroatoms. The molecule has 0 spiro atoms. The molecule has 0 radical (unpaired) electrons. The molecule has 0 bridgehead atoms. The van der Waals surface area contributed by atoms with Crippen LogP contribution in [0.25, 0.3) is 0 Å². The number of ether oxygens (including phenoxy) is 3. The fourth-order valence-corrected chi connectivity index (χ4v) is 2.61. The van der Waals surface area contributed by atoms with Crippen LogP contribution in [0.4, 0.5) is 4.39 Å². The van der Waals surface area contributed by atoms with Crippen molar-refractivity contribution in [3.05, 3.63) is 53.3 Å². The van der Waals surface area contributed by atoms with Crippen molar-refractivity contribution in [1.82, 2.24) is 0 Å². The van der Waals surface area contributed by atoms with Gasteiger partial charge in [-0.3, -0.25) is 4.79 Å². The van der Waals surface area contributed by atoms with Gasteiger partial charge in [-0.05, 0) is 42.3 Å². The zero-order valence-corrected chi connectivity index (χ0v) is 12.4. The number of fused-ring (bicyclic) bond motifs is 1. The molecule has 1 N–H and O–H groups in total. The normalized spacial score (nSPS) is 13.7. The smallest absolute Gasteiger partial charge is 0.311 e. The van der Waals surface area contributed by atoms with E-state index in [9.17, 15) is 14.3 Å². The molecule has 0 saturated heterocycles. The van der Waals surface area contributed by atoms with Gasteiger partial charge in [-0.25, -0.2) is 4.39 Å². The van der Waals surface area contributed by atoms with Crippen molar-refractivity contribution in [3.63, 3.8) is 0 Å². The molecule has 2 aromatic carbocycles. The van der Waals surface area contributed by atoms with E-state index in [0.717, 1.165) is 5.56 Å². The van der Waals surface area contributed by atoms with Crippen molar-refractivity contribution in [2.45, 2.75) is 12.3 Å². The lowest BCUT2D eigenvalue weighted by Gasteiger charge is -2.16. The number of carbonyl (C=O) groups is 1. The van der Waals surface area contributed by atoms with Gasteiger partial charge in [-0.2, -0.15) is 0 Å². The first-order valence-corrected chi connectivity index (χ1v) is 7.03. The molecule has 23 heavy (non-hydrogen) atoms. The SMILES string of the molecule is COc1ccc(F)cc1C(Cc1ccc2c(c1)OCO2)C(=O)O. The van der Waals surface area contributed by atoms with Crippen LogP contribution in [0, 0.1) is 5.82 Å². The summed E-state index contributed by atoms with van der Waals surface area (Å²) in [5.74, 6) is -0.924. The third-order valence-electron chi connectivity index (χ3n) is 3.74. The largest absolute Gasteiger partial charge is 0.496 e. The summed E-state index contributed by atoms with van der Waals surface area (Å²) in [7, 11) is 1.43. The first-order valence-electron chi connectivity index (χ1n) is 7.03. The van der Waals surface area contributed by atoms with Crippen molar-refractivity contribution < 1.29 is 28.5 Å². The highest BCUT2D eigenvalue weighted by atomic mass is 19.1. The average molecular weight is 318 g/mol. The topological polar surface area (TPSA) is 65.0 Å². The lowest BCUT2D eigenvalue weighted by atomic mass is 9.91. The minimum Gasteiger partial charge on any atom is -0.496 e. The Hall–Kier alpha value is -2.76. The minimum absolute atomic E-state index is 0.152. The molecule has 1 aliphatic rings. The van der Waals surface area contributed by atoms with Crippen LogP contribution in [0.15, 0.2) is 36.4 Å². The Morgan fingerprint density at radius 2 is 2.04 bits per heavy atom. The van der Waals surface area contributed by atoms with Gasteiger partial charge in [0, 0.05) is 5.56 Å². The second kappa shape index (κ2) is 6.16. The molecular weight excluding hydrogens is 303 g/mol. The molecule has 0 saturated carbocycles. The van der Waals surface area contributed by atoms with Crippen LogP contribution in [0.5, 0.6) is 17.2 Å². The summed E-state index contributed by atoms with van der Waals surface area (Å²) in [6, 6.07) is 9.12. The van der Waals surface area contributed by atoms with Gasteiger partial charge in [0.05, 0.1) is 13.0 Å². The number of carboxylic acids is 1. The van der Waals surface area contributed by atoms with Crippen LogP contribution in [0.1, 0.15) is 17.0 Å². The maximum Gasteiger partial charge on any atom is 0.311 e. The predicted molar refractivity (Wildman–Crippen MR) is 79.6 cm³/mol. The van der Waals surface area contributed by atoms with Gasteiger partial charge in [0.15, 0.2) is 11.5 Å². The van der Waals surface area contributed by atoms with Crippen molar-refractivity contribution in [2.75, 3.05) is 13.9 Å². The summed E-state index contributed by atoms with van der Waals surface area (Å²) in [4.78, 5) is 11.7. The van der Waals surface area contributed by atoms with Gasteiger partial charge >= 0.3 is 5.97 Å². The molecule has 1 atom stereocenters. The Bertz CT molecular complexity index is 744. The van der Waals surface area contributed by atoms with Crippen LogP contribution in [0.2, 0.25) is 0 Å². The van der Waals surface area contributed by atoms with Gasteiger partial charge in [0.1, 0.15) is 11.6 Å². The van der Waals surface area contributed by atoms with Crippen LogP contribution in [-0.2, 0) is 11.2 Å². The second-order valence-electron chi connectivity index (χ2n) is 5.17. The molecule has 5 nitrogen and oxygen atoms in total. The number of hydrogen-bond acceptors (Lipinski definition) is 4. The summed E-state index contributed by atoms with van der Waals surface area (Å²) < 4.78 is 29.2. The lowest BCUT2D eigenvalue weighted by Crippen LogP contribution is -2.15. The van der Waals surface area contributed by atoms with Crippen LogP contribution < -0.4 is 14.2 Å². The maximum absolute atomic E-state index is 13.5. The summed E-state index contributed by atoms with van der Waals surface area (Å²) in [6.45, 7) is 0.152. The van der Waals surface area contributed by atoms with Gasteiger partial charge < -0.3 is 19.3 Å². The molecule has 1 unspecified atom stereocenters. The Kier molecular flexibility index (Phi) is 4.06. The third kappa shape index (κ3) is 3.06. The van der Waals surface area contributed by atoms with E-state index >= 15 is 0 Å². The number of carboxylic acid groups (broad SMARTS) is 1. The van der Waals surface area contributed by atoms with E-state index in [1.54, 1.807) is 18.2 Å². The van der Waals surface area contributed by atoms with E-state index in [1.807, 2.05) is 0 Å². The Morgan fingerprint density at radius 1 is 1.26 bits per heavy atom. The number of benzene rings is 2. The number of rotatable bonds is 5. The zero-order valence-electron chi connectivity index (χ0n) is 12.4. The summed E-state index contributed by atoms with van der Waals surface area (Å²) in [5.41, 5.74) is 1.06. The zero-order chi connectivity index (χ0) is 16.4. The molecule has 2 aromatic rings. The molecule has 0 aliphatic carbocycles. The van der Waals surface area contributed by atoms with Gasteiger partial charge in [0.25, 0.3) is 0 Å². The molecule has 0 amide bonds. The highest BCUT2D eigenvalue weighted by molar-refractivity contribution is 5.77. The van der Waals surface area contributed by atoms with Crippen molar-refractivity contribution in [1.29, 1.82) is 0 Å². The molecule has 3 rings (SSSR count). The molecule has 120 valence electrons. The van der Waals surface area contributed by atoms with Crippen LogP contribution in [0.3, 0.4) is 0 Å². The van der Waals surface area contributed by atoms with E-state index in [2.05, 4.69) is 0 Å². The quantitative estimate of drug-likeness (QED) is 0.918.